The Morgan fingerprint density at radius 3 is 2.36 bits per heavy atom. The fourth-order valence-corrected chi connectivity index (χ4v) is 2.47. The van der Waals surface area contributed by atoms with E-state index in [1.165, 1.54) is 5.69 Å². The van der Waals surface area contributed by atoms with Crippen LogP contribution in [0.3, 0.4) is 0 Å². The van der Waals surface area contributed by atoms with E-state index in [1.54, 1.807) is 19.3 Å². The van der Waals surface area contributed by atoms with Crippen molar-refractivity contribution in [2.24, 2.45) is 5.16 Å². The highest BCUT2D eigenvalue weighted by Crippen LogP contribution is 2.21. The van der Waals surface area contributed by atoms with Gasteiger partial charge in [-0.05, 0) is 31.2 Å². The average Bonchev–Trinajstić information content (AvgIpc) is 2.62. The van der Waals surface area contributed by atoms with Crippen LogP contribution in [-0.4, -0.2) is 47.1 Å². The molecule has 22 heavy (non-hydrogen) atoms. The molecule has 0 aliphatic carbocycles. The van der Waals surface area contributed by atoms with Gasteiger partial charge in [0.2, 0.25) is 0 Å². The number of aromatic nitrogens is 2. The Labute approximate surface area is 129 Å². The predicted octanol–water partition coefficient (Wildman–Crippen LogP) is 1.75. The molecule has 1 aliphatic rings. The van der Waals surface area contributed by atoms with E-state index in [4.69, 9.17) is 5.21 Å². The van der Waals surface area contributed by atoms with Crippen LogP contribution in [0.25, 0.3) is 11.4 Å². The van der Waals surface area contributed by atoms with E-state index in [1.807, 2.05) is 12.1 Å². The Bertz CT molecular complexity index is 645. The molecule has 6 nitrogen and oxygen atoms in total. The Hall–Kier alpha value is -2.47. The second-order valence-corrected chi connectivity index (χ2v) is 5.26. The number of rotatable bonds is 3. The lowest BCUT2D eigenvalue weighted by atomic mass is 10.1. The van der Waals surface area contributed by atoms with E-state index in [2.05, 4.69) is 37.5 Å². The first-order chi connectivity index (χ1) is 10.8. The molecule has 0 radical (unpaired) electrons. The van der Waals surface area contributed by atoms with Crippen molar-refractivity contribution in [3.05, 3.63) is 42.2 Å². The van der Waals surface area contributed by atoms with Crippen LogP contribution < -0.4 is 10.2 Å². The van der Waals surface area contributed by atoms with Crippen LogP contribution in [0.5, 0.6) is 0 Å². The number of nitrogens with zero attached hydrogens (tertiary/aromatic N) is 4. The molecule has 0 bridgehead atoms. The van der Waals surface area contributed by atoms with E-state index in [-0.39, 0.29) is 0 Å². The minimum atomic E-state index is 0.501. The largest absolute Gasteiger partial charge is 0.411 e. The van der Waals surface area contributed by atoms with Crippen molar-refractivity contribution < 1.29 is 5.21 Å². The second-order valence-electron chi connectivity index (χ2n) is 5.26. The van der Waals surface area contributed by atoms with Gasteiger partial charge in [0, 0.05) is 55.4 Å². The maximum atomic E-state index is 8.75. The van der Waals surface area contributed by atoms with Gasteiger partial charge in [-0.2, -0.15) is 0 Å². The molecule has 0 atom stereocenters. The number of piperazine rings is 1. The summed E-state index contributed by atoms with van der Waals surface area (Å²) in [6, 6.07) is 8.30. The molecule has 1 aromatic carbocycles. The molecule has 2 aromatic rings. The van der Waals surface area contributed by atoms with Crippen molar-refractivity contribution in [3.8, 4) is 11.4 Å². The molecule has 2 N–H and O–H groups in total. The monoisotopic (exact) mass is 297 g/mol. The zero-order valence-corrected chi connectivity index (χ0v) is 12.5. The van der Waals surface area contributed by atoms with Gasteiger partial charge >= 0.3 is 0 Å². The summed E-state index contributed by atoms with van der Waals surface area (Å²) < 4.78 is 0. The van der Waals surface area contributed by atoms with E-state index >= 15 is 0 Å². The normalized spacial score (nSPS) is 15.9. The van der Waals surface area contributed by atoms with Gasteiger partial charge in [0.25, 0.3) is 0 Å². The van der Waals surface area contributed by atoms with Crippen molar-refractivity contribution in [1.29, 1.82) is 0 Å². The number of anilines is 1. The molecule has 1 aliphatic heterocycles. The molecule has 1 saturated heterocycles. The second kappa shape index (κ2) is 6.53. The van der Waals surface area contributed by atoms with E-state index < -0.39 is 0 Å². The fourth-order valence-electron chi connectivity index (χ4n) is 2.47. The summed E-state index contributed by atoms with van der Waals surface area (Å²) in [6.07, 6.45) is 3.34. The Morgan fingerprint density at radius 1 is 1.14 bits per heavy atom. The lowest BCUT2D eigenvalue weighted by Crippen LogP contribution is -2.43. The van der Waals surface area contributed by atoms with Gasteiger partial charge in [-0.25, -0.2) is 9.97 Å². The first-order valence-corrected chi connectivity index (χ1v) is 7.35. The Morgan fingerprint density at radius 2 is 1.77 bits per heavy atom. The smallest absolute Gasteiger partial charge is 0.159 e. The summed E-state index contributed by atoms with van der Waals surface area (Å²) in [7, 11) is 0. The van der Waals surface area contributed by atoms with Gasteiger partial charge in [0.1, 0.15) is 0 Å². The van der Waals surface area contributed by atoms with Gasteiger partial charge in [-0.1, -0.05) is 5.16 Å². The molecule has 0 amide bonds. The third kappa shape index (κ3) is 3.07. The highest BCUT2D eigenvalue weighted by Gasteiger charge is 2.10. The van der Waals surface area contributed by atoms with Crippen molar-refractivity contribution in [2.45, 2.75) is 6.92 Å². The SMILES string of the molecule is C/C(=N/O)c1cnc(-c2ccc(N3CCNCC3)cc2)nc1. The maximum Gasteiger partial charge on any atom is 0.159 e. The molecular weight excluding hydrogens is 278 g/mol. The van der Waals surface area contributed by atoms with Crippen molar-refractivity contribution in [2.75, 3.05) is 31.1 Å². The van der Waals surface area contributed by atoms with Crippen LogP contribution in [-0.2, 0) is 0 Å². The minimum absolute atomic E-state index is 0.501. The van der Waals surface area contributed by atoms with Crippen molar-refractivity contribution in [3.63, 3.8) is 0 Å². The lowest BCUT2D eigenvalue weighted by molar-refractivity contribution is 0.319. The van der Waals surface area contributed by atoms with E-state index in [0.29, 0.717) is 17.1 Å². The molecule has 3 rings (SSSR count). The molecule has 0 unspecified atom stereocenters. The van der Waals surface area contributed by atoms with E-state index in [0.717, 1.165) is 31.7 Å². The number of hydrogen-bond acceptors (Lipinski definition) is 6. The summed E-state index contributed by atoms with van der Waals surface area (Å²) in [5.74, 6) is 0.668. The zero-order valence-electron chi connectivity index (χ0n) is 12.5. The summed E-state index contributed by atoms with van der Waals surface area (Å²) in [5, 5.41) is 15.3. The molecule has 1 aromatic heterocycles. The molecule has 1 fully saturated rings. The van der Waals surface area contributed by atoms with Gasteiger partial charge < -0.3 is 15.4 Å². The first kappa shape index (κ1) is 14.5. The number of oxime groups is 1. The number of benzene rings is 1. The van der Waals surface area contributed by atoms with Gasteiger partial charge in [0.15, 0.2) is 5.82 Å². The van der Waals surface area contributed by atoms with E-state index in [9.17, 15) is 0 Å². The molecule has 0 saturated carbocycles. The summed E-state index contributed by atoms with van der Waals surface area (Å²) in [5.41, 5.74) is 3.42. The third-order valence-electron chi connectivity index (χ3n) is 3.83. The quantitative estimate of drug-likeness (QED) is 0.513. The molecule has 2 heterocycles. The molecular formula is C16H19N5O. The third-order valence-corrected chi connectivity index (χ3v) is 3.83. The zero-order chi connectivity index (χ0) is 15.4. The first-order valence-electron chi connectivity index (χ1n) is 7.35. The topological polar surface area (TPSA) is 73.6 Å². The Balaban J connectivity index is 1.77. The van der Waals surface area contributed by atoms with Gasteiger partial charge in [-0.3, -0.25) is 0 Å². The summed E-state index contributed by atoms with van der Waals surface area (Å²) in [4.78, 5) is 11.0. The van der Waals surface area contributed by atoms with Gasteiger partial charge in [0.05, 0.1) is 5.71 Å². The fraction of sp³-hybridized carbons (Fsp3) is 0.312. The van der Waals surface area contributed by atoms with Crippen LogP contribution in [0.2, 0.25) is 0 Å². The van der Waals surface area contributed by atoms with Crippen molar-refractivity contribution in [1.82, 2.24) is 15.3 Å². The Kier molecular flexibility index (Phi) is 4.29. The average molecular weight is 297 g/mol. The maximum absolute atomic E-state index is 8.75. The predicted molar refractivity (Wildman–Crippen MR) is 86.5 cm³/mol. The van der Waals surface area contributed by atoms with Crippen LogP contribution >= 0.6 is 0 Å². The summed E-state index contributed by atoms with van der Waals surface area (Å²) >= 11 is 0. The molecule has 114 valence electrons. The lowest BCUT2D eigenvalue weighted by Gasteiger charge is -2.29. The standard InChI is InChI=1S/C16H19N5O/c1-12(20-22)14-10-18-16(19-11-14)13-2-4-15(5-3-13)21-8-6-17-7-9-21/h2-5,10-11,17,22H,6-9H2,1H3/b20-12-. The van der Waals surface area contributed by atoms with Crippen molar-refractivity contribution >= 4 is 11.4 Å². The van der Waals surface area contributed by atoms with Crippen LogP contribution in [0, 0.1) is 0 Å². The van der Waals surface area contributed by atoms with Crippen LogP contribution in [0.15, 0.2) is 41.8 Å². The number of nitrogens with one attached hydrogen (secondary N) is 1. The number of hydrogen-bond donors (Lipinski definition) is 2. The minimum Gasteiger partial charge on any atom is -0.411 e. The molecule has 6 heteroatoms. The highest BCUT2D eigenvalue weighted by molar-refractivity contribution is 5.97. The highest BCUT2D eigenvalue weighted by atomic mass is 16.4. The van der Waals surface area contributed by atoms with Crippen LogP contribution in [0.1, 0.15) is 12.5 Å². The molecule has 0 spiro atoms. The van der Waals surface area contributed by atoms with Gasteiger partial charge in [-0.15, -0.1) is 0 Å². The van der Waals surface area contributed by atoms with Crippen LogP contribution in [0.4, 0.5) is 5.69 Å². The summed E-state index contributed by atoms with van der Waals surface area (Å²) in [6.45, 7) is 5.82.